The highest BCUT2D eigenvalue weighted by Crippen LogP contribution is 2.25. The van der Waals surface area contributed by atoms with Crippen LogP contribution in [0.15, 0.2) is 18.2 Å². The van der Waals surface area contributed by atoms with Crippen LogP contribution in [0.4, 0.5) is 0 Å². The Bertz CT molecular complexity index is 361. The highest BCUT2D eigenvalue weighted by Gasteiger charge is 2.02. The number of rotatable bonds is 10. The van der Waals surface area contributed by atoms with Crippen LogP contribution >= 0.6 is 11.6 Å². The quantitative estimate of drug-likeness (QED) is 0.671. The van der Waals surface area contributed by atoms with Crippen LogP contribution in [0.3, 0.4) is 0 Å². The van der Waals surface area contributed by atoms with Gasteiger partial charge in [-0.15, -0.1) is 0 Å². The average Bonchev–Trinajstić information content (AvgIpc) is 2.40. The van der Waals surface area contributed by atoms with E-state index in [9.17, 15) is 0 Å². The second-order valence-electron chi connectivity index (χ2n) is 4.11. The largest absolute Gasteiger partial charge is 0.492 e. The molecular formula is C14H22ClNO3. The molecule has 108 valence electrons. The van der Waals surface area contributed by atoms with Gasteiger partial charge in [0.25, 0.3) is 0 Å². The number of hydrogen-bond acceptors (Lipinski definition) is 4. The lowest BCUT2D eigenvalue weighted by atomic mass is 10.1. The topological polar surface area (TPSA) is 53.7 Å². The van der Waals surface area contributed by atoms with Gasteiger partial charge in [-0.25, -0.2) is 0 Å². The number of methoxy groups -OCH3 is 1. The molecular weight excluding hydrogens is 266 g/mol. The summed E-state index contributed by atoms with van der Waals surface area (Å²) in [6, 6.07) is 5.78. The number of benzene rings is 1. The fraction of sp³-hybridized carbons (Fsp3) is 0.571. The Morgan fingerprint density at radius 2 is 2.00 bits per heavy atom. The van der Waals surface area contributed by atoms with Crippen molar-refractivity contribution in [2.24, 2.45) is 5.73 Å². The van der Waals surface area contributed by atoms with E-state index in [-0.39, 0.29) is 0 Å². The van der Waals surface area contributed by atoms with Crippen molar-refractivity contribution in [1.82, 2.24) is 0 Å². The Kier molecular flexibility index (Phi) is 8.58. The normalized spacial score (nSPS) is 10.7. The molecule has 1 aromatic rings. The van der Waals surface area contributed by atoms with Crippen LogP contribution in [0.1, 0.15) is 12.0 Å². The van der Waals surface area contributed by atoms with Crippen molar-refractivity contribution in [3.63, 3.8) is 0 Å². The summed E-state index contributed by atoms with van der Waals surface area (Å²) in [5.74, 6) is 0.708. The first kappa shape index (κ1) is 16.2. The Balaban J connectivity index is 2.22. The third-order valence-electron chi connectivity index (χ3n) is 2.55. The first-order valence-electron chi connectivity index (χ1n) is 6.46. The van der Waals surface area contributed by atoms with Crippen LogP contribution in [-0.2, 0) is 15.9 Å². The van der Waals surface area contributed by atoms with Crippen molar-refractivity contribution >= 4 is 11.6 Å². The second kappa shape index (κ2) is 10.0. The van der Waals surface area contributed by atoms with Crippen molar-refractivity contribution in [2.45, 2.75) is 12.8 Å². The smallest absolute Gasteiger partial charge is 0.137 e. The molecule has 0 atom stereocenters. The van der Waals surface area contributed by atoms with E-state index in [1.807, 2.05) is 18.2 Å². The molecule has 1 aromatic carbocycles. The SMILES string of the molecule is COCCOCCCOc1ccc(CCN)cc1Cl. The standard InChI is InChI=1S/C14H22ClNO3/c1-17-9-10-18-7-2-8-19-14-4-3-12(5-6-16)11-13(14)15/h3-4,11H,2,5-10,16H2,1H3. The van der Waals surface area contributed by atoms with Gasteiger partial charge in [0.1, 0.15) is 5.75 Å². The lowest BCUT2D eigenvalue weighted by molar-refractivity contribution is 0.0644. The Hall–Kier alpha value is -0.810. The van der Waals surface area contributed by atoms with Crippen LogP contribution in [-0.4, -0.2) is 40.1 Å². The Labute approximate surface area is 119 Å². The van der Waals surface area contributed by atoms with Gasteiger partial charge in [0.2, 0.25) is 0 Å². The molecule has 0 heterocycles. The molecule has 2 N–H and O–H groups in total. The van der Waals surface area contributed by atoms with Crippen molar-refractivity contribution in [2.75, 3.05) is 40.1 Å². The summed E-state index contributed by atoms with van der Waals surface area (Å²) in [6.45, 7) is 3.10. The predicted molar refractivity (Wildman–Crippen MR) is 77.0 cm³/mol. The van der Waals surface area contributed by atoms with Gasteiger partial charge in [0.15, 0.2) is 0 Å². The van der Waals surface area contributed by atoms with Crippen molar-refractivity contribution < 1.29 is 14.2 Å². The highest BCUT2D eigenvalue weighted by atomic mass is 35.5. The monoisotopic (exact) mass is 287 g/mol. The van der Waals surface area contributed by atoms with Gasteiger partial charge >= 0.3 is 0 Å². The van der Waals surface area contributed by atoms with Crippen LogP contribution < -0.4 is 10.5 Å². The molecule has 0 fully saturated rings. The fourth-order valence-corrected chi connectivity index (χ4v) is 1.83. The molecule has 0 radical (unpaired) electrons. The number of halogens is 1. The molecule has 0 unspecified atom stereocenters. The maximum absolute atomic E-state index is 6.13. The van der Waals surface area contributed by atoms with Crippen LogP contribution in [0.2, 0.25) is 5.02 Å². The van der Waals surface area contributed by atoms with Crippen LogP contribution in [0, 0.1) is 0 Å². The minimum absolute atomic E-state index is 0.586. The van der Waals surface area contributed by atoms with Crippen LogP contribution in [0.5, 0.6) is 5.75 Å². The van der Waals surface area contributed by atoms with E-state index in [0.717, 1.165) is 18.4 Å². The molecule has 0 saturated carbocycles. The number of hydrogen-bond donors (Lipinski definition) is 1. The zero-order valence-electron chi connectivity index (χ0n) is 11.4. The van der Waals surface area contributed by atoms with E-state index in [4.69, 9.17) is 31.5 Å². The van der Waals surface area contributed by atoms with Crippen molar-refractivity contribution in [1.29, 1.82) is 0 Å². The molecule has 4 nitrogen and oxygen atoms in total. The molecule has 0 aliphatic rings. The Morgan fingerprint density at radius 3 is 2.68 bits per heavy atom. The van der Waals surface area contributed by atoms with E-state index in [1.165, 1.54) is 0 Å². The van der Waals surface area contributed by atoms with E-state index < -0.39 is 0 Å². The van der Waals surface area contributed by atoms with Gasteiger partial charge in [-0.05, 0) is 30.7 Å². The summed E-state index contributed by atoms with van der Waals surface area (Å²) in [7, 11) is 1.66. The third kappa shape index (κ3) is 6.78. The predicted octanol–water partition coefficient (Wildman–Crippen LogP) is 2.27. The number of nitrogens with two attached hydrogens (primary N) is 1. The fourth-order valence-electron chi connectivity index (χ4n) is 1.57. The molecule has 0 aliphatic heterocycles. The Morgan fingerprint density at radius 1 is 1.16 bits per heavy atom. The van der Waals surface area contributed by atoms with E-state index >= 15 is 0 Å². The minimum atomic E-state index is 0.586. The summed E-state index contributed by atoms with van der Waals surface area (Å²) >= 11 is 6.13. The molecule has 0 amide bonds. The molecule has 0 aliphatic carbocycles. The molecule has 1 rings (SSSR count). The van der Waals surface area contributed by atoms with Gasteiger partial charge in [-0.1, -0.05) is 17.7 Å². The van der Waals surface area contributed by atoms with E-state index in [0.29, 0.717) is 43.7 Å². The lowest BCUT2D eigenvalue weighted by Crippen LogP contribution is -2.07. The molecule has 0 aromatic heterocycles. The number of ether oxygens (including phenoxy) is 3. The van der Waals surface area contributed by atoms with Gasteiger partial charge in [-0.2, -0.15) is 0 Å². The maximum atomic E-state index is 6.13. The zero-order chi connectivity index (χ0) is 13.9. The van der Waals surface area contributed by atoms with Gasteiger partial charge in [-0.3, -0.25) is 0 Å². The first-order chi connectivity index (χ1) is 9.27. The van der Waals surface area contributed by atoms with Gasteiger partial charge < -0.3 is 19.9 Å². The highest BCUT2D eigenvalue weighted by molar-refractivity contribution is 6.32. The average molecular weight is 288 g/mol. The van der Waals surface area contributed by atoms with Gasteiger partial charge in [0, 0.05) is 20.1 Å². The summed E-state index contributed by atoms with van der Waals surface area (Å²) in [5.41, 5.74) is 6.63. The zero-order valence-corrected chi connectivity index (χ0v) is 12.1. The molecule has 19 heavy (non-hydrogen) atoms. The summed E-state index contributed by atoms with van der Waals surface area (Å²) < 4.78 is 15.8. The summed E-state index contributed by atoms with van der Waals surface area (Å²) in [5, 5.41) is 0.631. The molecule has 0 bridgehead atoms. The maximum Gasteiger partial charge on any atom is 0.137 e. The van der Waals surface area contributed by atoms with E-state index in [2.05, 4.69) is 0 Å². The summed E-state index contributed by atoms with van der Waals surface area (Å²) in [4.78, 5) is 0. The lowest BCUT2D eigenvalue weighted by Gasteiger charge is -2.09. The van der Waals surface area contributed by atoms with E-state index in [1.54, 1.807) is 7.11 Å². The summed E-state index contributed by atoms with van der Waals surface area (Å²) in [6.07, 6.45) is 1.65. The van der Waals surface area contributed by atoms with Crippen molar-refractivity contribution in [3.8, 4) is 5.75 Å². The molecule has 0 spiro atoms. The van der Waals surface area contributed by atoms with Gasteiger partial charge in [0.05, 0.1) is 24.8 Å². The molecule has 0 saturated heterocycles. The molecule has 5 heteroatoms. The van der Waals surface area contributed by atoms with Crippen LogP contribution in [0.25, 0.3) is 0 Å². The minimum Gasteiger partial charge on any atom is -0.492 e. The second-order valence-corrected chi connectivity index (χ2v) is 4.52. The first-order valence-corrected chi connectivity index (χ1v) is 6.83. The third-order valence-corrected chi connectivity index (χ3v) is 2.85. The van der Waals surface area contributed by atoms with Crippen molar-refractivity contribution in [3.05, 3.63) is 28.8 Å².